The molecule has 4 heteroatoms. The topological polar surface area (TPSA) is 40.5 Å². The normalized spacial score (nSPS) is 23.2. The van der Waals surface area contributed by atoms with Crippen LogP contribution in [0, 0.1) is 5.92 Å². The number of carbonyl (C=O) groups excluding carboxylic acids is 1. The molecule has 1 N–H and O–H groups in total. The fraction of sp³-hybridized carbons (Fsp3) is 0.550. The maximum Gasteiger partial charge on any atom is 0.226 e. The van der Waals surface area contributed by atoms with Crippen LogP contribution >= 0.6 is 11.6 Å². The predicted octanol–water partition coefficient (Wildman–Crippen LogP) is 4.75. The summed E-state index contributed by atoms with van der Waals surface area (Å²) in [7, 11) is 0. The molecule has 2 rings (SSSR count). The lowest BCUT2D eigenvalue weighted by Gasteiger charge is -2.47. The third-order valence-electron chi connectivity index (χ3n) is 4.97. The molecule has 0 aromatic heterocycles. The quantitative estimate of drug-likeness (QED) is 0.753. The lowest BCUT2D eigenvalue weighted by Crippen LogP contribution is -2.56. The number of amides is 1. The maximum atomic E-state index is 13.2. The van der Waals surface area contributed by atoms with E-state index in [1.165, 1.54) is 0 Å². The zero-order valence-corrected chi connectivity index (χ0v) is 15.6. The van der Waals surface area contributed by atoms with Gasteiger partial charge in [-0.2, -0.15) is 0 Å². The Morgan fingerprint density at radius 3 is 2.50 bits per heavy atom. The fourth-order valence-electron chi connectivity index (χ4n) is 3.83. The molecule has 0 saturated carbocycles. The van der Waals surface area contributed by atoms with Gasteiger partial charge in [0.2, 0.25) is 5.91 Å². The van der Waals surface area contributed by atoms with Crippen LogP contribution in [0.3, 0.4) is 0 Å². The van der Waals surface area contributed by atoms with Crippen LogP contribution in [-0.4, -0.2) is 27.6 Å². The monoisotopic (exact) mass is 349 g/mol. The average molecular weight is 350 g/mol. The first-order valence-electron chi connectivity index (χ1n) is 8.70. The largest absolute Gasteiger partial charge is 0.388 e. The van der Waals surface area contributed by atoms with Crippen LogP contribution in [0.2, 0.25) is 5.02 Å². The third kappa shape index (κ3) is 4.01. The van der Waals surface area contributed by atoms with Crippen molar-refractivity contribution in [3.8, 4) is 0 Å². The first kappa shape index (κ1) is 19.0. The molecule has 1 aromatic rings. The van der Waals surface area contributed by atoms with E-state index in [4.69, 9.17) is 11.6 Å². The van der Waals surface area contributed by atoms with E-state index in [0.29, 0.717) is 17.9 Å². The maximum absolute atomic E-state index is 13.2. The number of piperidine rings is 1. The summed E-state index contributed by atoms with van der Waals surface area (Å²) in [5.74, 6) is 0.0810. The predicted molar refractivity (Wildman–Crippen MR) is 99.0 cm³/mol. The summed E-state index contributed by atoms with van der Waals surface area (Å²) in [5, 5.41) is 11.3. The Bertz CT molecular complexity index is 576. The SMILES string of the molecule is C=CC[C@H]1CC[C@@H](c2ccc(Cl)cc2)N([C@@H](CC)C(C)(C)O)C1=O. The number of rotatable bonds is 6. The highest BCUT2D eigenvalue weighted by atomic mass is 35.5. The zero-order valence-electron chi connectivity index (χ0n) is 14.8. The molecule has 24 heavy (non-hydrogen) atoms. The number of aliphatic hydroxyl groups is 1. The molecule has 0 aliphatic carbocycles. The van der Waals surface area contributed by atoms with E-state index < -0.39 is 5.60 Å². The molecule has 0 radical (unpaired) electrons. The van der Waals surface area contributed by atoms with Gasteiger partial charge in [-0.15, -0.1) is 6.58 Å². The molecule has 3 atom stereocenters. The summed E-state index contributed by atoms with van der Waals surface area (Å²) in [5.41, 5.74) is 0.123. The Morgan fingerprint density at radius 2 is 2.00 bits per heavy atom. The Morgan fingerprint density at radius 1 is 1.38 bits per heavy atom. The van der Waals surface area contributed by atoms with E-state index in [1.54, 1.807) is 13.8 Å². The minimum Gasteiger partial charge on any atom is -0.388 e. The van der Waals surface area contributed by atoms with Crippen LogP contribution in [0.1, 0.15) is 58.1 Å². The van der Waals surface area contributed by atoms with E-state index in [-0.39, 0.29) is 23.9 Å². The number of carbonyl (C=O) groups is 1. The van der Waals surface area contributed by atoms with Crippen molar-refractivity contribution in [1.29, 1.82) is 0 Å². The molecule has 1 aliphatic heterocycles. The molecule has 1 saturated heterocycles. The smallest absolute Gasteiger partial charge is 0.226 e. The van der Waals surface area contributed by atoms with Crippen molar-refractivity contribution in [2.45, 2.75) is 64.1 Å². The second-order valence-electron chi connectivity index (χ2n) is 7.19. The lowest BCUT2D eigenvalue weighted by atomic mass is 9.82. The van der Waals surface area contributed by atoms with Gasteiger partial charge in [-0.25, -0.2) is 0 Å². The molecular formula is C20H28ClNO2. The van der Waals surface area contributed by atoms with Gasteiger partial charge >= 0.3 is 0 Å². The fourth-order valence-corrected chi connectivity index (χ4v) is 3.95. The number of allylic oxidation sites excluding steroid dienone is 1. The van der Waals surface area contributed by atoms with E-state index in [2.05, 4.69) is 6.58 Å². The molecule has 132 valence electrons. The molecule has 1 heterocycles. The van der Waals surface area contributed by atoms with Crippen LogP contribution in [0.15, 0.2) is 36.9 Å². The molecule has 1 aromatic carbocycles. The summed E-state index contributed by atoms with van der Waals surface area (Å²) in [6.45, 7) is 9.36. The Kier molecular flexibility index (Phi) is 6.11. The Hall–Kier alpha value is -1.32. The Labute approximate surface area is 150 Å². The zero-order chi connectivity index (χ0) is 17.9. The Balaban J connectivity index is 2.42. The second-order valence-corrected chi connectivity index (χ2v) is 7.63. The van der Waals surface area contributed by atoms with Gasteiger partial charge in [0.25, 0.3) is 0 Å². The molecular weight excluding hydrogens is 322 g/mol. The van der Waals surface area contributed by atoms with Crippen molar-refractivity contribution < 1.29 is 9.90 Å². The standard InChI is InChI=1S/C20H28ClNO2/c1-5-7-15-10-13-17(14-8-11-16(21)12-9-14)22(19(15)23)18(6-2)20(3,4)24/h5,8-9,11-12,15,17-18,24H,1,6-7,10,13H2,2-4H3/t15-,17-,18-/m0/s1. The van der Waals surface area contributed by atoms with Gasteiger partial charge in [-0.1, -0.05) is 36.7 Å². The third-order valence-corrected chi connectivity index (χ3v) is 5.22. The van der Waals surface area contributed by atoms with Gasteiger partial charge in [-0.05, 0) is 57.2 Å². The van der Waals surface area contributed by atoms with Crippen LogP contribution in [-0.2, 0) is 4.79 Å². The number of nitrogens with zero attached hydrogens (tertiary/aromatic N) is 1. The first-order chi connectivity index (χ1) is 11.3. The highest BCUT2D eigenvalue weighted by Gasteiger charge is 2.43. The van der Waals surface area contributed by atoms with Crippen LogP contribution in [0.5, 0.6) is 0 Å². The molecule has 0 bridgehead atoms. The number of halogens is 1. The van der Waals surface area contributed by atoms with Crippen LogP contribution in [0.25, 0.3) is 0 Å². The van der Waals surface area contributed by atoms with Crippen molar-refractivity contribution in [2.24, 2.45) is 5.92 Å². The van der Waals surface area contributed by atoms with Gasteiger partial charge in [0.1, 0.15) is 0 Å². The first-order valence-corrected chi connectivity index (χ1v) is 9.08. The summed E-state index contributed by atoms with van der Waals surface area (Å²) < 4.78 is 0. The van der Waals surface area contributed by atoms with Gasteiger partial charge in [0.15, 0.2) is 0 Å². The summed E-state index contributed by atoms with van der Waals surface area (Å²) in [4.78, 5) is 15.1. The van der Waals surface area contributed by atoms with Gasteiger partial charge in [0.05, 0.1) is 17.7 Å². The second kappa shape index (κ2) is 7.71. The number of likely N-dealkylation sites (tertiary alicyclic amines) is 1. The molecule has 0 spiro atoms. The van der Waals surface area contributed by atoms with Crippen molar-refractivity contribution in [2.75, 3.05) is 0 Å². The van der Waals surface area contributed by atoms with Gasteiger partial charge < -0.3 is 10.0 Å². The van der Waals surface area contributed by atoms with Crippen molar-refractivity contribution >= 4 is 17.5 Å². The van der Waals surface area contributed by atoms with Crippen LogP contribution < -0.4 is 0 Å². The highest BCUT2D eigenvalue weighted by Crippen LogP contribution is 2.40. The van der Waals surface area contributed by atoms with E-state index in [1.807, 2.05) is 42.2 Å². The van der Waals surface area contributed by atoms with E-state index in [0.717, 1.165) is 18.4 Å². The van der Waals surface area contributed by atoms with Gasteiger partial charge in [0, 0.05) is 10.9 Å². The van der Waals surface area contributed by atoms with E-state index >= 15 is 0 Å². The summed E-state index contributed by atoms with van der Waals surface area (Å²) in [6.07, 6.45) is 4.94. The van der Waals surface area contributed by atoms with Crippen molar-refractivity contribution in [3.63, 3.8) is 0 Å². The minimum atomic E-state index is -0.953. The number of hydrogen-bond acceptors (Lipinski definition) is 2. The number of hydrogen-bond donors (Lipinski definition) is 1. The molecule has 1 aliphatic rings. The van der Waals surface area contributed by atoms with Gasteiger partial charge in [-0.3, -0.25) is 4.79 Å². The molecule has 3 nitrogen and oxygen atoms in total. The average Bonchev–Trinajstić information content (AvgIpc) is 2.51. The van der Waals surface area contributed by atoms with Crippen molar-refractivity contribution in [1.82, 2.24) is 4.90 Å². The van der Waals surface area contributed by atoms with Crippen LogP contribution in [0.4, 0.5) is 0 Å². The summed E-state index contributed by atoms with van der Waals surface area (Å²) >= 11 is 6.01. The molecule has 1 fully saturated rings. The molecule has 0 unspecified atom stereocenters. The molecule has 1 amide bonds. The van der Waals surface area contributed by atoms with E-state index in [9.17, 15) is 9.90 Å². The lowest BCUT2D eigenvalue weighted by molar-refractivity contribution is -0.153. The minimum absolute atomic E-state index is 0.0211. The number of benzene rings is 1. The summed E-state index contributed by atoms with van der Waals surface area (Å²) in [6, 6.07) is 7.45. The highest BCUT2D eigenvalue weighted by molar-refractivity contribution is 6.30. The van der Waals surface area contributed by atoms with Crippen molar-refractivity contribution in [3.05, 3.63) is 47.5 Å².